The minimum Gasteiger partial charge on any atom is -0.487 e. The molecule has 0 radical (unpaired) electrons. The van der Waals surface area contributed by atoms with Gasteiger partial charge in [-0.1, -0.05) is 0 Å². The zero-order valence-electron chi connectivity index (χ0n) is 16.5. The average Bonchev–Trinajstić information content (AvgIpc) is 2.67. The molecule has 0 aromatic heterocycles. The van der Waals surface area contributed by atoms with Crippen molar-refractivity contribution in [2.45, 2.75) is 30.6 Å². The molecule has 0 unspecified atom stereocenters. The molecular weight excluding hydrogens is 454 g/mol. The molecule has 0 amide bonds. The standard InChI is InChI=1S/C19H19F8N3O2/c1-10-6-12(3-4-13(10)29)31-8-16(20,21)18(24,25)19(26,27)17(22,23)9-32-15-5-2-11(28)7-14(15)30/h2-7H,8-9,28-30H2,1H3. The summed E-state index contributed by atoms with van der Waals surface area (Å²) >= 11 is 0. The molecule has 0 saturated heterocycles. The highest BCUT2D eigenvalue weighted by Crippen LogP contribution is 2.52. The summed E-state index contributed by atoms with van der Waals surface area (Å²) in [5, 5.41) is 0. The number of hydrogen-bond donors (Lipinski definition) is 3. The molecule has 0 fully saturated rings. The largest absolute Gasteiger partial charge is 0.487 e. The molecule has 0 saturated carbocycles. The molecule has 0 atom stereocenters. The van der Waals surface area contributed by atoms with Crippen LogP contribution in [0.25, 0.3) is 0 Å². The molecule has 178 valence electrons. The zero-order chi connectivity index (χ0) is 24.5. The third kappa shape index (κ3) is 4.70. The van der Waals surface area contributed by atoms with Crippen molar-refractivity contribution in [3.05, 3.63) is 42.0 Å². The summed E-state index contributed by atoms with van der Waals surface area (Å²) in [6.07, 6.45) is 0. The third-order valence-electron chi connectivity index (χ3n) is 4.42. The number of ether oxygens (including phenoxy) is 2. The first-order chi connectivity index (χ1) is 14.5. The van der Waals surface area contributed by atoms with Gasteiger partial charge in [0.15, 0.2) is 13.2 Å². The fourth-order valence-corrected chi connectivity index (χ4v) is 2.42. The maximum atomic E-state index is 14.0. The van der Waals surface area contributed by atoms with Gasteiger partial charge in [-0.15, -0.1) is 0 Å². The van der Waals surface area contributed by atoms with E-state index in [1.54, 1.807) is 0 Å². The zero-order valence-corrected chi connectivity index (χ0v) is 16.5. The fourth-order valence-electron chi connectivity index (χ4n) is 2.42. The summed E-state index contributed by atoms with van der Waals surface area (Å²) in [5.74, 6) is -25.4. The molecule has 0 bridgehead atoms. The van der Waals surface area contributed by atoms with E-state index in [1.807, 2.05) is 0 Å². The van der Waals surface area contributed by atoms with E-state index in [1.165, 1.54) is 13.0 Å². The number of alkyl halides is 8. The van der Waals surface area contributed by atoms with Gasteiger partial charge in [0, 0.05) is 11.4 Å². The van der Waals surface area contributed by atoms with E-state index < -0.39 is 48.4 Å². The van der Waals surface area contributed by atoms with Crippen LogP contribution in [0.3, 0.4) is 0 Å². The van der Waals surface area contributed by atoms with Crippen LogP contribution in [-0.2, 0) is 0 Å². The second-order valence-electron chi connectivity index (χ2n) is 6.95. The van der Waals surface area contributed by atoms with Gasteiger partial charge in [-0.05, 0) is 48.9 Å². The molecule has 6 N–H and O–H groups in total. The molecule has 2 aromatic rings. The first-order valence-corrected chi connectivity index (χ1v) is 8.80. The highest BCUT2D eigenvalue weighted by atomic mass is 19.4. The topological polar surface area (TPSA) is 96.5 Å². The number of nitrogen functional groups attached to an aromatic ring is 3. The summed E-state index contributed by atoms with van der Waals surface area (Å²) < 4.78 is 121. The lowest BCUT2D eigenvalue weighted by Gasteiger charge is -2.36. The summed E-state index contributed by atoms with van der Waals surface area (Å²) in [5.41, 5.74) is 16.5. The van der Waals surface area contributed by atoms with Crippen molar-refractivity contribution in [2.75, 3.05) is 30.4 Å². The van der Waals surface area contributed by atoms with Gasteiger partial charge < -0.3 is 26.7 Å². The summed E-state index contributed by atoms with van der Waals surface area (Å²) in [6, 6.07) is 6.37. The molecule has 0 aliphatic heterocycles. The minimum atomic E-state index is -6.52. The molecule has 0 aliphatic rings. The van der Waals surface area contributed by atoms with Crippen LogP contribution in [0.15, 0.2) is 36.4 Å². The molecule has 32 heavy (non-hydrogen) atoms. The minimum absolute atomic E-state index is 0.0782. The smallest absolute Gasteiger partial charge is 0.381 e. The van der Waals surface area contributed by atoms with Gasteiger partial charge in [0.05, 0.1) is 5.69 Å². The highest BCUT2D eigenvalue weighted by molar-refractivity contribution is 5.60. The number of aryl methyl sites for hydroxylation is 1. The van der Waals surface area contributed by atoms with Crippen molar-refractivity contribution in [2.24, 2.45) is 0 Å². The maximum absolute atomic E-state index is 14.0. The Morgan fingerprint density at radius 1 is 0.688 bits per heavy atom. The molecule has 0 aliphatic carbocycles. The normalized spacial score (nSPS) is 13.2. The van der Waals surface area contributed by atoms with Crippen LogP contribution in [0.1, 0.15) is 5.56 Å². The van der Waals surface area contributed by atoms with Gasteiger partial charge in [0.1, 0.15) is 11.5 Å². The van der Waals surface area contributed by atoms with E-state index in [2.05, 4.69) is 9.47 Å². The van der Waals surface area contributed by atoms with Crippen LogP contribution >= 0.6 is 0 Å². The van der Waals surface area contributed by atoms with Gasteiger partial charge in [-0.25, -0.2) is 0 Å². The van der Waals surface area contributed by atoms with Crippen molar-refractivity contribution >= 4 is 17.1 Å². The summed E-state index contributed by atoms with van der Waals surface area (Å²) in [4.78, 5) is 0. The van der Waals surface area contributed by atoms with E-state index in [9.17, 15) is 35.1 Å². The molecule has 2 rings (SSSR count). The van der Waals surface area contributed by atoms with Crippen molar-refractivity contribution in [3.8, 4) is 11.5 Å². The summed E-state index contributed by atoms with van der Waals surface area (Å²) in [7, 11) is 0. The van der Waals surface area contributed by atoms with Crippen molar-refractivity contribution < 1.29 is 44.6 Å². The van der Waals surface area contributed by atoms with Crippen LogP contribution in [0.2, 0.25) is 0 Å². The lowest BCUT2D eigenvalue weighted by molar-refractivity contribution is -0.371. The Morgan fingerprint density at radius 3 is 1.72 bits per heavy atom. The Morgan fingerprint density at radius 2 is 1.22 bits per heavy atom. The van der Waals surface area contributed by atoms with E-state index in [-0.39, 0.29) is 17.1 Å². The number of nitrogens with two attached hydrogens (primary N) is 3. The van der Waals surface area contributed by atoms with Crippen molar-refractivity contribution in [1.82, 2.24) is 0 Å². The molecular formula is C19H19F8N3O2. The van der Waals surface area contributed by atoms with E-state index in [4.69, 9.17) is 17.2 Å². The van der Waals surface area contributed by atoms with E-state index in [0.29, 0.717) is 5.56 Å². The molecule has 2 aromatic carbocycles. The Kier molecular flexibility index (Phi) is 6.62. The first kappa shape index (κ1) is 25.1. The third-order valence-corrected chi connectivity index (χ3v) is 4.42. The SMILES string of the molecule is Cc1cc(OCC(F)(F)C(F)(F)C(F)(F)C(F)(F)COc2ccc(N)cc2N)ccc1N. The number of halogens is 8. The Balaban J connectivity index is 2.18. The molecule has 5 nitrogen and oxygen atoms in total. The predicted octanol–water partition coefficient (Wildman–Crippen LogP) is 4.74. The fraction of sp³-hybridized carbons (Fsp3) is 0.368. The highest BCUT2D eigenvalue weighted by Gasteiger charge is 2.81. The second-order valence-corrected chi connectivity index (χ2v) is 6.95. The van der Waals surface area contributed by atoms with E-state index in [0.717, 1.165) is 30.3 Å². The van der Waals surface area contributed by atoms with Crippen LogP contribution < -0.4 is 26.7 Å². The predicted molar refractivity (Wildman–Crippen MR) is 102 cm³/mol. The van der Waals surface area contributed by atoms with Gasteiger partial charge in [-0.2, -0.15) is 35.1 Å². The van der Waals surface area contributed by atoms with Crippen LogP contribution in [-0.4, -0.2) is 36.9 Å². The number of anilines is 3. The van der Waals surface area contributed by atoms with Crippen LogP contribution in [0, 0.1) is 6.92 Å². The number of benzene rings is 2. The number of hydrogen-bond acceptors (Lipinski definition) is 5. The molecule has 0 heterocycles. The number of rotatable bonds is 9. The van der Waals surface area contributed by atoms with Gasteiger partial charge in [-0.3, -0.25) is 0 Å². The molecule has 0 spiro atoms. The van der Waals surface area contributed by atoms with Crippen molar-refractivity contribution in [1.29, 1.82) is 0 Å². The Hall–Kier alpha value is -3.12. The Bertz CT molecular complexity index is 970. The van der Waals surface area contributed by atoms with Gasteiger partial charge >= 0.3 is 23.7 Å². The summed E-state index contributed by atoms with van der Waals surface area (Å²) in [6.45, 7) is -3.23. The van der Waals surface area contributed by atoms with Gasteiger partial charge in [0.2, 0.25) is 0 Å². The quantitative estimate of drug-likeness (QED) is 0.361. The first-order valence-electron chi connectivity index (χ1n) is 8.80. The maximum Gasteiger partial charge on any atom is 0.381 e. The van der Waals surface area contributed by atoms with Crippen LogP contribution in [0.4, 0.5) is 52.2 Å². The lowest BCUT2D eigenvalue weighted by Crippen LogP contribution is -2.65. The average molecular weight is 473 g/mol. The lowest BCUT2D eigenvalue weighted by atomic mass is 9.99. The van der Waals surface area contributed by atoms with Crippen LogP contribution in [0.5, 0.6) is 11.5 Å². The van der Waals surface area contributed by atoms with E-state index >= 15 is 0 Å². The second kappa shape index (κ2) is 8.43. The Labute approximate surface area is 177 Å². The monoisotopic (exact) mass is 473 g/mol. The van der Waals surface area contributed by atoms with Gasteiger partial charge in [0.25, 0.3) is 0 Å². The molecule has 13 heteroatoms. The van der Waals surface area contributed by atoms with Crippen molar-refractivity contribution in [3.63, 3.8) is 0 Å².